The molecule has 0 saturated carbocycles. The quantitative estimate of drug-likeness (QED) is 0.612. The molecule has 2 heterocycles. The molecule has 1 amide bonds. The van der Waals surface area contributed by atoms with Crippen molar-refractivity contribution >= 4 is 27.3 Å². The van der Waals surface area contributed by atoms with Crippen LogP contribution in [0.15, 0.2) is 0 Å². The zero-order valence-corrected chi connectivity index (χ0v) is 11.8. The Labute approximate surface area is 112 Å². The smallest absolute Gasteiger partial charge is 0.234 e. The van der Waals surface area contributed by atoms with Gasteiger partial charge in [-0.25, -0.2) is 8.42 Å². The number of rotatable bonds is 4. The average Bonchev–Trinajstić information content (AvgIpc) is 2.35. The van der Waals surface area contributed by atoms with E-state index in [1.165, 1.54) is 0 Å². The second-order valence-corrected chi connectivity index (χ2v) is 7.71. The van der Waals surface area contributed by atoms with E-state index < -0.39 is 21.3 Å². The Bertz CT molecular complexity index is 424. The summed E-state index contributed by atoms with van der Waals surface area (Å²) in [7, 11) is -1.22. The van der Waals surface area contributed by atoms with Crippen LogP contribution in [0, 0.1) is 0 Å². The number of hydrogen-bond acceptors (Lipinski definition) is 5. The summed E-state index contributed by atoms with van der Waals surface area (Å²) in [6.07, 6.45) is 0. The maximum atomic E-state index is 11.8. The Balaban J connectivity index is 1.80. The van der Waals surface area contributed by atoms with Crippen molar-refractivity contribution in [3.63, 3.8) is 0 Å². The fraction of sp³-hybridized carbons (Fsp3) is 0.900. The second kappa shape index (κ2) is 5.32. The van der Waals surface area contributed by atoms with E-state index in [2.05, 4.69) is 10.6 Å². The molecule has 18 heavy (non-hydrogen) atoms. The summed E-state index contributed by atoms with van der Waals surface area (Å²) in [5.74, 6) is -0.277. The van der Waals surface area contributed by atoms with E-state index in [9.17, 15) is 13.2 Å². The molecule has 2 saturated heterocycles. The Kier molecular flexibility index (Phi) is 4.15. The Hall–Kier alpha value is -0.370. The fourth-order valence-corrected chi connectivity index (χ4v) is 4.68. The van der Waals surface area contributed by atoms with Crippen LogP contribution in [-0.2, 0) is 14.6 Å². The predicted molar refractivity (Wildman–Crippen MR) is 69.5 cm³/mol. The number of carbonyl (C=O) groups is 1. The Morgan fingerprint density at radius 3 is 2.56 bits per heavy atom. The van der Waals surface area contributed by atoms with Gasteiger partial charge in [0.25, 0.3) is 0 Å². The van der Waals surface area contributed by atoms with Crippen LogP contribution >= 0.6 is 11.6 Å². The number of likely N-dealkylation sites (N-methyl/N-ethyl adjacent to an activating group) is 1. The molecule has 2 fully saturated rings. The highest BCUT2D eigenvalue weighted by Gasteiger charge is 2.37. The van der Waals surface area contributed by atoms with Crippen LogP contribution in [-0.4, -0.2) is 74.9 Å². The maximum Gasteiger partial charge on any atom is 0.234 e. The molecular formula is C10H18ClN3O3S. The lowest BCUT2D eigenvalue weighted by atomic mass is 10.1. The minimum absolute atomic E-state index is 0.0537. The first-order valence-electron chi connectivity index (χ1n) is 5.92. The van der Waals surface area contributed by atoms with Gasteiger partial charge < -0.3 is 10.6 Å². The van der Waals surface area contributed by atoms with E-state index in [1.807, 2.05) is 11.9 Å². The summed E-state index contributed by atoms with van der Waals surface area (Å²) in [5, 5.41) is 5.32. The average molecular weight is 296 g/mol. The van der Waals surface area contributed by atoms with Gasteiger partial charge in [0, 0.05) is 19.1 Å². The molecule has 2 rings (SSSR count). The molecule has 0 aromatic heterocycles. The fourth-order valence-electron chi connectivity index (χ4n) is 2.13. The normalized spacial score (nSPS) is 31.3. The van der Waals surface area contributed by atoms with E-state index in [0.717, 1.165) is 13.1 Å². The van der Waals surface area contributed by atoms with Crippen molar-refractivity contribution in [3.05, 3.63) is 0 Å². The van der Waals surface area contributed by atoms with Crippen molar-refractivity contribution in [2.24, 2.45) is 0 Å². The Morgan fingerprint density at radius 2 is 2.11 bits per heavy atom. The lowest BCUT2D eigenvalue weighted by Gasteiger charge is -2.35. The molecule has 0 aromatic rings. The number of alkyl halides is 1. The largest absolute Gasteiger partial charge is 0.350 e. The minimum atomic E-state index is -3.10. The summed E-state index contributed by atoms with van der Waals surface area (Å²) in [4.78, 5) is 13.7. The van der Waals surface area contributed by atoms with Crippen molar-refractivity contribution in [1.29, 1.82) is 0 Å². The number of hydrogen-bond donors (Lipinski definition) is 2. The molecule has 0 aliphatic carbocycles. The van der Waals surface area contributed by atoms with E-state index in [4.69, 9.17) is 11.6 Å². The monoisotopic (exact) mass is 295 g/mol. The van der Waals surface area contributed by atoms with Crippen molar-refractivity contribution in [3.8, 4) is 0 Å². The third kappa shape index (κ3) is 3.34. The minimum Gasteiger partial charge on any atom is -0.350 e. The SMILES string of the molecule is CN(CC(=O)NC1CS(=O)(=O)CC1Cl)C1CNC1. The molecule has 6 nitrogen and oxygen atoms in total. The van der Waals surface area contributed by atoms with Crippen LogP contribution in [0.5, 0.6) is 0 Å². The summed E-state index contributed by atoms with van der Waals surface area (Å²) < 4.78 is 22.7. The highest BCUT2D eigenvalue weighted by atomic mass is 35.5. The summed E-state index contributed by atoms with van der Waals surface area (Å²) in [6, 6.07) is -0.0769. The molecule has 2 unspecified atom stereocenters. The van der Waals surface area contributed by atoms with Crippen LogP contribution in [0.4, 0.5) is 0 Å². The summed E-state index contributed by atoms with van der Waals surface area (Å²) in [6.45, 7) is 2.05. The molecule has 2 N–H and O–H groups in total. The zero-order chi connectivity index (χ0) is 13.3. The lowest BCUT2D eigenvalue weighted by Crippen LogP contribution is -2.58. The molecule has 0 spiro atoms. The summed E-state index contributed by atoms with van der Waals surface area (Å²) >= 11 is 5.93. The van der Waals surface area contributed by atoms with Crippen molar-refractivity contribution in [2.45, 2.75) is 17.5 Å². The topological polar surface area (TPSA) is 78.5 Å². The molecule has 2 atom stereocenters. The molecule has 2 aliphatic heterocycles. The van der Waals surface area contributed by atoms with Gasteiger partial charge in [0.1, 0.15) is 0 Å². The number of carbonyl (C=O) groups excluding carboxylic acids is 1. The van der Waals surface area contributed by atoms with E-state index in [1.54, 1.807) is 0 Å². The van der Waals surface area contributed by atoms with Crippen molar-refractivity contribution < 1.29 is 13.2 Å². The van der Waals surface area contributed by atoms with E-state index >= 15 is 0 Å². The second-order valence-electron chi connectivity index (χ2n) is 4.99. The Morgan fingerprint density at radius 1 is 1.44 bits per heavy atom. The highest BCUT2D eigenvalue weighted by molar-refractivity contribution is 7.91. The van der Waals surface area contributed by atoms with Gasteiger partial charge in [-0.1, -0.05) is 0 Å². The first-order valence-corrected chi connectivity index (χ1v) is 8.18. The van der Waals surface area contributed by atoms with Crippen LogP contribution in [0.1, 0.15) is 0 Å². The van der Waals surface area contributed by atoms with Crippen molar-refractivity contribution in [1.82, 2.24) is 15.5 Å². The first kappa shape index (κ1) is 14.0. The third-order valence-corrected chi connectivity index (χ3v) is 5.78. The number of amides is 1. The van der Waals surface area contributed by atoms with Crippen LogP contribution in [0.3, 0.4) is 0 Å². The maximum absolute atomic E-state index is 11.8. The predicted octanol–water partition coefficient (Wildman–Crippen LogP) is -1.59. The van der Waals surface area contributed by atoms with E-state index in [0.29, 0.717) is 6.04 Å². The van der Waals surface area contributed by atoms with Gasteiger partial charge in [0.2, 0.25) is 5.91 Å². The van der Waals surface area contributed by atoms with Gasteiger partial charge in [-0.2, -0.15) is 0 Å². The van der Waals surface area contributed by atoms with Gasteiger partial charge in [-0.15, -0.1) is 11.6 Å². The van der Waals surface area contributed by atoms with Crippen LogP contribution in [0.2, 0.25) is 0 Å². The highest BCUT2D eigenvalue weighted by Crippen LogP contribution is 2.17. The number of nitrogens with one attached hydrogen (secondary N) is 2. The summed E-state index contributed by atoms with van der Waals surface area (Å²) in [5.41, 5.74) is 0. The van der Waals surface area contributed by atoms with Gasteiger partial charge in [0.05, 0.1) is 29.5 Å². The van der Waals surface area contributed by atoms with Gasteiger partial charge in [-0.05, 0) is 7.05 Å². The molecule has 8 heteroatoms. The molecular weight excluding hydrogens is 278 g/mol. The van der Waals surface area contributed by atoms with Gasteiger partial charge in [0.15, 0.2) is 9.84 Å². The standard InChI is InChI=1S/C10H18ClN3O3S/c1-14(7-2-12-3-7)4-10(15)13-9-6-18(16,17)5-8(9)11/h7-9,12H,2-6H2,1H3,(H,13,15). The number of sulfone groups is 1. The number of nitrogens with zero attached hydrogens (tertiary/aromatic N) is 1. The molecule has 0 aromatic carbocycles. The third-order valence-electron chi connectivity index (χ3n) is 3.41. The van der Waals surface area contributed by atoms with Crippen molar-refractivity contribution in [2.75, 3.05) is 38.2 Å². The molecule has 0 bridgehead atoms. The van der Waals surface area contributed by atoms with Gasteiger partial charge >= 0.3 is 0 Å². The number of halogens is 1. The molecule has 0 radical (unpaired) electrons. The first-order chi connectivity index (χ1) is 8.37. The molecule has 2 aliphatic rings. The lowest BCUT2D eigenvalue weighted by molar-refractivity contribution is -0.123. The molecule has 104 valence electrons. The van der Waals surface area contributed by atoms with Crippen LogP contribution in [0.25, 0.3) is 0 Å². The van der Waals surface area contributed by atoms with Gasteiger partial charge in [-0.3, -0.25) is 9.69 Å². The van der Waals surface area contributed by atoms with Crippen LogP contribution < -0.4 is 10.6 Å². The zero-order valence-electron chi connectivity index (χ0n) is 10.2. The van der Waals surface area contributed by atoms with E-state index in [-0.39, 0.29) is 24.0 Å².